The molecule has 1 aromatic heterocycles. The van der Waals surface area contributed by atoms with Crippen LogP contribution in [0.2, 0.25) is 5.02 Å². The van der Waals surface area contributed by atoms with Crippen LogP contribution in [-0.2, 0) is 16.9 Å². The molecule has 2 fully saturated rings. The quantitative estimate of drug-likeness (QED) is 0.0790. The molecule has 0 aliphatic heterocycles. The molecule has 3 aromatic rings. The molecule has 0 saturated heterocycles. The fraction of sp³-hybridized carbons (Fsp3) is 0.471. The van der Waals surface area contributed by atoms with Crippen molar-refractivity contribution in [3.05, 3.63) is 77.1 Å². The van der Waals surface area contributed by atoms with Crippen LogP contribution < -0.4 is 15.4 Å². The zero-order valence-corrected chi connectivity index (χ0v) is 27.1. The fourth-order valence-electron chi connectivity index (χ4n) is 5.29. The Morgan fingerprint density at radius 2 is 1.80 bits per heavy atom. The number of halogens is 1. The Morgan fingerprint density at radius 1 is 1.04 bits per heavy atom. The molecule has 1 heterocycles. The molecule has 1 amide bonds. The molecule has 0 radical (unpaired) electrons. The number of benzene rings is 2. The molecule has 0 bridgehead atoms. The van der Waals surface area contributed by atoms with E-state index in [0.717, 1.165) is 58.6 Å². The third kappa shape index (κ3) is 8.99. The summed E-state index contributed by atoms with van der Waals surface area (Å²) in [5.41, 5.74) is 4.15. The zero-order valence-electron chi connectivity index (χ0n) is 25.5. The van der Waals surface area contributed by atoms with Crippen LogP contribution in [0.25, 0.3) is 11.1 Å². The van der Waals surface area contributed by atoms with E-state index in [-0.39, 0.29) is 24.4 Å². The van der Waals surface area contributed by atoms with E-state index in [9.17, 15) is 25.2 Å². The van der Waals surface area contributed by atoms with Crippen LogP contribution in [0.1, 0.15) is 49.7 Å². The van der Waals surface area contributed by atoms with Crippen molar-refractivity contribution >= 4 is 29.3 Å². The Labute approximate surface area is 278 Å². The van der Waals surface area contributed by atoms with Gasteiger partial charge < -0.3 is 40.9 Å². The van der Waals surface area contributed by atoms with Gasteiger partial charge in [-0.2, -0.15) is 0 Å². The summed E-state index contributed by atoms with van der Waals surface area (Å²) in [5, 5.41) is 54.8. The number of carbonyl (C=O) groups excluding carboxylic acids is 1. The van der Waals surface area contributed by atoms with Gasteiger partial charge in [0.25, 0.3) is 0 Å². The topological polar surface area (TPSA) is 164 Å². The number of nitrogens with zero attached hydrogens (tertiary/aromatic N) is 1. The molecular weight excluding hydrogens is 630 g/mol. The highest BCUT2D eigenvalue weighted by Gasteiger charge is 2.46. The number of aliphatic hydroxyl groups excluding tert-OH is 5. The summed E-state index contributed by atoms with van der Waals surface area (Å²) in [7, 11) is 0. The summed E-state index contributed by atoms with van der Waals surface area (Å²) in [6.07, 6.45) is 2.54. The van der Waals surface area contributed by atoms with Crippen molar-refractivity contribution in [3.63, 3.8) is 0 Å². The second kappa shape index (κ2) is 15.9. The van der Waals surface area contributed by atoms with Crippen LogP contribution in [0, 0.1) is 0 Å². The van der Waals surface area contributed by atoms with Gasteiger partial charge in [-0.15, -0.1) is 11.8 Å². The number of rotatable bonds is 18. The molecule has 10 nitrogen and oxygen atoms in total. The normalized spacial score (nSPS) is 18.0. The molecule has 46 heavy (non-hydrogen) atoms. The molecule has 248 valence electrons. The van der Waals surface area contributed by atoms with Gasteiger partial charge in [-0.3, -0.25) is 9.78 Å². The number of aliphatic hydroxyl groups is 5. The number of ether oxygens (including phenoxy) is 1. The minimum atomic E-state index is -1.73. The Morgan fingerprint density at radius 3 is 2.54 bits per heavy atom. The van der Waals surface area contributed by atoms with Gasteiger partial charge in [0.1, 0.15) is 24.1 Å². The highest BCUT2D eigenvalue weighted by molar-refractivity contribution is 7.99. The van der Waals surface area contributed by atoms with Gasteiger partial charge in [-0.1, -0.05) is 29.8 Å². The van der Waals surface area contributed by atoms with Gasteiger partial charge in [0.2, 0.25) is 5.91 Å². The number of hydrogen-bond donors (Lipinski definition) is 7. The Hall–Kier alpha value is -2.74. The van der Waals surface area contributed by atoms with E-state index in [1.165, 1.54) is 0 Å². The van der Waals surface area contributed by atoms with Crippen LogP contribution in [0.4, 0.5) is 0 Å². The third-order valence-corrected chi connectivity index (χ3v) is 9.82. The first-order valence-electron chi connectivity index (χ1n) is 15.7. The van der Waals surface area contributed by atoms with Gasteiger partial charge in [0.15, 0.2) is 0 Å². The summed E-state index contributed by atoms with van der Waals surface area (Å²) >= 11 is 8.23. The van der Waals surface area contributed by atoms with Crippen molar-refractivity contribution in [1.82, 2.24) is 15.6 Å². The number of amides is 1. The zero-order chi connectivity index (χ0) is 32.7. The largest absolute Gasteiger partial charge is 0.490 e. The first-order chi connectivity index (χ1) is 22.2. The molecule has 2 saturated carbocycles. The molecule has 2 aliphatic rings. The monoisotopic (exact) mass is 671 g/mol. The number of carbonyl (C=O) groups is 1. The van der Waals surface area contributed by atoms with E-state index in [1.807, 2.05) is 42.7 Å². The van der Waals surface area contributed by atoms with Crippen LogP contribution >= 0.6 is 23.4 Å². The van der Waals surface area contributed by atoms with Crippen LogP contribution in [-0.4, -0.2) is 85.8 Å². The van der Waals surface area contributed by atoms with E-state index >= 15 is 0 Å². The first-order valence-corrected chi connectivity index (χ1v) is 17.0. The van der Waals surface area contributed by atoms with Gasteiger partial charge in [-0.05, 0) is 84.9 Å². The highest BCUT2D eigenvalue weighted by Crippen LogP contribution is 2.50. The maximum Gasteiger partial charge on any atom is 0.220 e. The number of pyridine rings is 1. The predicted molar refractivity (Wildman–Crippen MR) is 177 cm³/mol. The molecule has 12 heteroatoms. The maximum atomic E-state index is 12.2. The summed E-state index contributed by atoms with van der Waals surface area (Å²) in [5.74, 6) is 1.28. The minimum Gasteiger partial charge on any atom is -0.490 e. The molecule has 5 rings (SSSR count). The van der Waals surface area contributed by atoms with Gasteiger partial charge in [0, 0.05) is 52.9 Å². The van der Waals surface area contributed by atoms with E-state index in [2.05, 4.69) is 33.8 Å². The lowest BCUT2D eigenvalue weighted by atomic mass is 9.94. The molecule has 0 spiro atoms. The molecule has 2 aliphatic carbocycles. The van der Waals surface area contributed by atoms with Crippen LogP contribution in [0.5, 0.6) is 5.75 Å². The highest BCUT2D eigenvalue weighted by atomic mass is 35.5. The average molecular weight is 672 g/mol. The molecule has 4 atom stereocenters. The van der Waals surface area contributed by atoms with E-state index in [1.54, 1.807) is 11.8 Å². The Bertz CT molecular complexity index is 1470. The second-order valence-electron chi connectivity index (χ2n) is 12.0. The lowest BCUT2D eigenvalue weighted by molar-refractivity contribution is -0.126. The Balaban J connectivity index is 1.12. The molecule has 7 N–H and O–H groups in total. The Kier molecular flexibility index (Phi) is 12.0. The maximum absolute atomic E-state index is 12.2. The van der Waals surface area contributed by atoms with Gasteiger partial charge in [0.05, 0.1) is 18.8 Å². The average Bonchev–Trinajstić information content (AvgIpc) is 4.02. The number of nitrogens with one attached hydrogen (secondary N) is 2. The summed E-state index contributed by atoms with van der Waals surface area (Å²) in [6.45, 7) is -0.472. The van der Waals surface area contributed by atoms with Crippen molar-refractivity contribution in [2.24, 2.45) is 0 Å². The fourth-order valence-corrected chi connectivity index (χ4v) is 6.39. The summed E-state index contributed by atoms with van der Waals surface area (Å²) < 4.78 is 6.23. The van der Waals surface area contributed by atoms with E-state index < -0.39 is 31.0 Å². The second-order valence-corrected chi connectivity index (χ2v) is 13.6. The lowest BCUT2D eigenvalue weighted by Gasteiger charge is -2.25. The van der Waals surface area contributed by atoms with Crippen LogP contribution in [0.15, 0.2) is 65.8 Å². The lowest BCUT2D eigenvalue weighted by Crippen LogP contribution is -2.49. The number of para-hydroxylation sites is 1. The number of hydrogen-bond acceptors (Lipinski definition) is 10. The third-order valence-electron chi connectivity index (χ3n) is 8.37. The molecule has 2 aromatic carbocycles. The van der Waals surface area contributed by atoms with Gasteiger partial charge in [-0.25, -0.2) is 0 Å². The van der Waals surface area contributed by atoms with Crippen molar-refractivity contribution < 1.29 is 35.1 Å². The van der Waals surface area contributed by atoms with Crippen molar-refractivity contribution in [3.8, 4) is 16.9 Å². The number of aromatic nitrogens is 1. The van der Waals surface area contributed by atoms with Gasteiger partial charge >= 0.3 is 0 Å². The summed E-state index contributed by atoms with van der Waals surface area (Å²) in [4.78, 5) is 17.7. The standard InChI is InChI=1S/C34H42ClN3O7S/c35-27-10-9-23(46-15-3-6-31(42)37-19-28(40)32(43)33(44)29(41)20-39)16-21(27)17-38-34(12-13-34)26-18-36-14-11-24(26)25-4-1-2-5-30(25)45-22-7-8-22/h1-2,4-5,9-11,14,16,18,22,28-29,32-33,38-41,43-44H,3,6-8,12-13,15,17,19-20H2,(H,37,42). The SMILES string of the molecule is O=C(CCCSc1ccc(Cl)c(CNC2(c3cnccc3-c3ccccc3OC3CC3)CC2)c1)NCC(O)C(O)C(O)C(O)CO. The first kappa shape index (κ1) is 34.6. The molecule has 4 unspecified atom stereocenters. The minimum absolute atomic E-state index is 0.198. The van der Waals surface area contributed by atoms with Crippen molar-refractivity contribution in [1.29, 1.82) is 0 Å². The molecular formula is C34H42ClN3O7S. The van der Waals surface area contributed by atoms with E-state index in [0.29, 0.717) is 29.8 Å². The predicted octanol–water partition coefficient (Wildman–Crippen LogP) is 3.15. The van der Waals surface area contributed by atoms with Crippen molar-refractivity contribution in [2.75, 3.05) is 18.9 Å². The smallest absolute Gasteiger partial charge is 0.220 e. The van der Waals surface area contributed by atoms with E-state index in [4.69, 9.17) is 21.4 Å². The summed E-state index contributed by atoms with van der Waals surface area (Å²) in [6, 6.07) is 16.2. The van der Waals surface area contributed by atoms with Crippen molar-refractivity contribution in [2.45, 2.75) is 86.0 Å². The number of thioether (sulfide) groups is 1. The van der Waals surface area contributed by atoms with Crippen LogP contribution in [0.3, 0.4) is 0 Å².